The van der Waals surface area contributed by atoms with Gasteiger partial charge in [-0.25, -0.2) is 9.97 Å². The van der Waals surface area contributed by atoms with E-state index in [2.05, 4.69) is 29.0 Å². The fourth-order valence-electron chi connectivity index (χ4n) is 3.55. The van der Waals surface area contributed by atoms with Crippen LogP contribution >= 0.6 is 0 Å². The molecular weight excluding hydrogens is 372 g/mol. The molecule has 148 valence electrons. The van der Waals surface area contributed by atoms with Crippen LogP contribution in [0, 0.1) is 0 Å². The maximum Gasteiger partial charge on any atom is 0.267 e. The van der Waals surface area contributed by atoms with E-state index in [1.807, 2.05) is 33.7 Å². The average Bonchev–Trinajstić information content (AvgIpc) is 3.42. The third-order valence-corrected chi connectivity index (χ3v) is 5.12. The van der Waals surface area contributed by atoms with Gasteiger partial charge in [0, 0.05) is 30.4 Å². The first kappa shape index (κ1) is 17.7. The van der Waals surface area contributed by atoms with Crippen molar-refractivity contribution >= 4 is 22.6 Å². The molecular formula is C20H20N6O3. The Morgan fingerprint density at radius 2 is 2.00 bits per heavy atom. The zero-order valence-corrected chi connectivity index (χ0v) is 16.2. The molecule has 0 bridgehead atoms. The zero-order valence-electron chi connectivity index (χ0n) is 16.2. The Morgan fingerprint density at radius 1 is 1.17 bits per heavy atom. The van der Waals surface area contributed by atoms with Crippen molar-refractivity contribution < 1.29 is 13.9 Å². The van der Waals surface area contributed by atoms with E-state index in [-0.39, 0.29) is 11.8 Å². The molecule has 1 aliphatic heterocycles. The molecule has 4 aromatic heterocycles. The van der Waals surface area contributed by atoms with E-state index >= 15 is 0 Å². The molecule has 0 radical (unpaired) electrons. The summed E-state index contributed by atoms with van der Waals surface area (Å²) in [5.74, 6) is 0.510. The Bertz CT molecular complexity index is 1190. The highest BCUT2D eigenvalue weighted by Gasteiger charge is 2.23. The molecule has 1 saturated heterocycles. The first-order valence-corrected chi connectivity index (χ1v) is 9.58. The summed E-state index contributed by atoms with van der Waals surface area (Å²) in [6.45, 7) is 6.43. The quantitative estimate of drug-likeness (QED) is 0.528. The summed E-state index contributed by atoms with van der Waals surface area (Å²) in [6.07, 6.45) is 3.08. The topological polar surface area (TPSA) is 98.7 Å². The van der Waals surface area contributed by atoms with Gasteiger partial charge in [0.1, 0.15) is 17.0 Å². The predicted molar refractivity (Wildman–Crippen MR) is 105 cm³/mol. The molecule has 0 unspecified atom stereocenters. The standard InChI is InChI=1S/C20H20N6O3/c1-12(2)15-9-14(20(27)25-5-7-28-8-6-25)13-3-4-17-22-16(19-24-21-11-29-19)10-26(17)18(13)23-15/h3-4,9-12H,5-8H2,1-2H3. The van der Waals surface area contributed by atoms with Crippen molar-refractivity contribution in [2.45, 2.75) is 19.8 Å². The van der Waals surface area contributed by atoms with Crippen molar-refractivity contribution in [2.24, 2.45) is 0 Å². The van der Waals surface area contributed by atoms with E-state index in [0.29, 0.717) is 54.7 Å². The first-order chi connectivity index (χ1) is 14.1. The van der Waals surface area contributed by atoms with Gasteiger partial charge < -0.3 is 14.1 Å². The third-order valence-electron chi connectivity index (χ3n) is 5.12. The largest absolute Gasteiger partial charge is 0.422 e. The third kappa shape index (κ3) is 3.03. The van der Waals surface area contributed by atoms with Gasteiger partial charge in [-0.05, 0) is 24.1 Å². The van der Waals surface area contributed by atoms with Gasteiger partial charge in [0.25, 0.3) is 11.8 Å². The maximum absolute atomic E-state index is 13.3. The lowest BCUT2D eigenvalue weighted by molar-refractivity contribution is 0.0304. The average molecular weight is 392 g/mol. The monoisotopic (exact) mass is 392 g/mol. The SMILES string of the molecule is CC(C)c1cc(C(=O)N2CCOCC2)c2ccc3nc(-c4nnco4)cn3c2n1. The van der Waals surface area contributed by atoms with Gasteiger partial charge >= 0.3 is 0 Å². The van der Waals surface area contributed by atoms with Crippen LogP contribution in [0.25, 0.3) is 28.3 Å². The highest BCUT2D eigenvalue weighted by Crippen LogP contribution is 2.27. The molecule has 0 saturated carbocycles. The Morgan fingerprint density at radius 3 is 2.72 bits per heavy atom. The lowest BCUT2D eigenvalue weighted by Crippen LogP contribution is -2.40. The molecule has 5 rings (SSSR count). The van der Waals surface area contributed by atoms with E-state index < -0.39 is 0 Å². The molecule has 9 nitrogen and oxygen atoms in total. The number of rotatable bonds is 3. The number of ether oxygens (including phenoxy) is 1. The molecule has 4 aromatic rings. The van der Waals surface area contributed by atoms with Gasteiger partial charge in [0.05, 0.1) is 18.8 Å². The van der Waals surface area contributed by atoms with Crippen molar-refractivity contribution in [1.82, 2.24) is 29.5 Å². The number of carbonyl (C=O) groups is 1. The lowest BCUT2D eigenvalue weighted by Gasteiger charge is -2.27. The summed E-state index contributed by atoms with van der Waals surface area (Å²) in [5.41, 5.74) is 3.45. The molecule has 0 aromatic carbocycles. The molecule has 1 aliphatic rings. The van der Waals surface area contributed by atoms with Crippen LogP contribution in [0.1, 0.15) is 35.8 Å². The normalized spacial score (nSPS) is 14.9. The van der Waals surface area contributed by atoms with E-state index in [4.69, 9.17) is 14.1 Å². The van der Waals surface area contributed by atoms with Gasteiger partial charge in [-0.2, -0.15) is 0 Å². The fraction of sp³-hybridized carbons (Fsp3) is 0.350. The molecule has 9 heteroatoms. The molecule has 5 heterocycles. The predicted octanol–water partition coefficient (Wildman–Crippen LogP) is 2.53. The molecule has 0 N–H and O–H groups in total. The van der Waals surface area contributed by atoms with Crippen molar-refractivity contribution in [3.05, 3.63) is 42.0 Å². The van der Waals surface area contributed by atoms with E-state index in [1.165, 1.54) is 6.39 Å². The summed E-state index contributed by atoms with van der Waals surface area (Å²) in [7, 11) is 0. The molecule has 29 heavy (non-hydrogen) atoms. The summed E-state index contributed by atoms with van der Waals surface area (Å²) < 4.78 is 12.5. The van der Waals surface area contributed by atoms with Crippen molar-refractivity contribution in [3.8, 4) is 11.6 Å². The van der Waals surface area contributed by atoms with Crippen LogP contribution in [0.15, 0.2) is 35.2 Å². The lowest BCUT2D eigenvalue weighted by atomic mass is 10.0. The summed E-state index contributed by atoms with van der Waals surface area (Å²) >= 11 is 0. The van der Waals surface area contributed by atoms with E-state index in [0.717, 1.165) is 11.1 Å². The Hall–Kier alpha value is -3.33. The minimum atomic E-state index is -0.000750. The van der Waals surface area contributed by atoms with Crippen molar-refractivity contribution in [3.63, 3.8) is 0 Å². The molecule has 0 aliphatic carbocycles. The highest BCUT2D eigenvalue weighted by molar-refractivity contribution is 6.06. The number of fused-ring (bicyclic) bond motifs is 3. The number of carbonyl (C=O) groups excluding carboxylic acids is 1. The van der Waals surface area contributed by atoms with E-state index in [9.17, 15) is 4.79 Å². The summed E-state index contributed by atoms with van der Waals surface area (Å²) in [4.78, 5) is 24.5. The van der Waals surface area contributed by atoms with Crippen molar-refractivity contribution in [1.29, 1.82) is 0 Å². The minimum absolute atomic E-state index is 0.000750. The van der Waals surface area contributed by atoms with Crippen LogP contribution in [0.5, 0.6) is 0 Å². The number of hydrogen-bond donors (Lipinski definition) is 0. The molecule has 1 fully saturated rings. The number of morpholine rings is 1. The number of pyridine rings is 2. The minimum Gasteiger partial charge on any atom is -0.422 e. The summed E-state index contributed by atoms with van der Waals surface area (Å²) in [5, 5.41) is 8.43. The second-order valence-corrected chi connectivity index (χ2v) is 7.32. The number of aromatic nitrogens is 5. The Labute approximate surface area is 166 Å². The number of hydrogen-bond acceptors (Lipinski definition) is 7. The van der Waals surface area contributed by atoms with Crippen LogP contribution in [-0.4, -0.2) is 61.7 Å². The highest BCUT2D eigenvalue weighted by atomic mass is 16.5. The van der Waals surface area contributed by atoms with Gasteiger partial charge in [0.2, 0.25) is 6.39 Å². The number of nitrogens with zero attached hydrogens (tertiary/aromatic N) is 6. The molecule has 0 spiro atoms. The van der Waals surface area contributed by atoms with Crippen LogP contribution in [0.2, 0.25) is 0 Å². The zero-order chi connectivity index (χ0) is 20.0. The second kappa shape index (κ2) is 6.93. The van der Waals surface area contributed by atoms with Gasteiger partial charge in [-0.15, -0.1) is 10.2 Å². The maximum atomic E-state index is 13.3. The Balaban J connectivity index is 1.72. The number of amides is 1. The van der Waals surface area contributed by atoms with Crippen molar-refractivity contribution in [2.75, 3.05) is 26.3 Å². The van der Waals surface area contributed by atoms with Gasteiger partial charge in [-0.1, -0.05) is 13.8 Å². The van der Waals surface area contributed by atoms with Crippen LogP contribution in [0.3, 0.4) is 0 Å². The van der Waals surface area contributed by atoms with E-state index in [1.54, 1.807) is 0 Å². The number of imidazole rings is 1. The van der Waals surface area contributed by atoms with Crippen LogP contribution in [0.4, 0.5) is 0 Å². The smallest absolute Gasteiger partial charge is 0.267 e. The van der Waals surface area contributed by atoms with Crippen LogP contribution in [-0.2, 0) is 4.74 Å². The fourth-order valence-corrected chi connectivity index (χ4v) is 3.55. The Kier molecular flexibility index (Phi) is 4.24. The molecule has 0 atom stereocenters. The van der Waals surface area contributed by atoms with Crippen LogP contribution < -0.4 is 0 Å². The van der Waals surface area contributed by atoms with Gasteiger partial charge in [-0.3, -0.25) is 9.20 Å². The second-order valence-electron chi connectivity index (χ2n) is 7.32. The van der Waals surface area contributed by atoms with Gasteiger partial charge in [0.15, 0.2) is 0 Å². The molecule has 1 amide bonds. The first-order valence-electron chi connectivity index (χ1n) is 9.58. The summed E-state index contributed by atoms with van der Waals surface area (Å²) in [6, 6.07) is 5.68.